The minimum Gasteiger partial charge on any atom is -0.460 e. The highest BCUT2D eigenvalue weighted by molar-refractivity contribution is 5.69. The largest absolute Gasteiger partial charge is 0.460 e. The van der Waals surface area contributed by atoms with Crippen molar-refractivity contribution < 1.29 is 9.53 Å². The number of carbonyl (C=O) groups is 1. The van der Waals surface area contributed by atoms with Gasteiger partial charge < -0.3 is 4.74 Å². The molecular formula is C13H22O2. The average molecular weight is 210 g/mol. The third kappa shape index (κ3) is 2.96. The summed E-state index contributed by atoms with van der Waals surface area (Å²) in [6.45, 7) is 5.77. The Bertz CT molecular complexity index is 250. The average Bonchev–Trinajstić information content (AvgIpc) is 2.73. The molecule has 0 aromatic rings. The van der Waals surface area contributed by atoms with Gasteiger partial charge in [-0.3, -0.25) is 4.79 Å². The van der Waals surface area contributed by atoms with Crippen LogP contribution in [0.15, 0.2) is 0 Å². The normalized spacial score (nSPS) is 23.7. The van der Waals surface area contributed by atoms with E-state index in [2.05, 4.69) is 0 Å². The molecule has 15 heavy (non-hydrogen) atoms. The fourth-order valence-electron chi connectivity index (χ4n) is 2.67. The Morgan fingerprint density at radius 2 is 1.93 bits per heavy atom. The molecule has 0 atom stereocenters. The zero-order chi connectivity index (χ0) is 11.1. The Morgan fingerprint density at radius 3 is 2.40 bits per heavy atom. The van der Waals surface area contributed by atoms with Crippen molar-refractivity contribution >= 4 is 5.97 Å². The molecule has 0 aliphatic heterocycles. The number of hydrogen-bond acceptors (Lipinski definition) is 2. The monoisotopic (exact) mass is 210 g/mol. The van der Waals surface area contributed by atoms with Crippen molar-refractivity contribution in [1.82, 2.24) is 0 Å². The predicted octanol–water partition coefficient (Wildman–Crippen LogP) is 3.30. The molecule has 0 unspecified atom stereocenters. The molecule has 86 valence electrons. The van der Waals surface area contributed by atoms with Crippen LogP contribution < -0.4 is 0 Å². The fourth-order valence-corrected chi connectivity index (χ4v) is 2.67. The maximum atomic E-state index is 11.5. The molecule has 2 aliphatic carbocycles. The van der Waals surface area contributed by atoms with Gasteiger partial charge in [0, 0.05) is 6.42 Å². The first kappa shape index (κ1) is 11.0. The summed E-state index contributed by atoms with van der Waals surface area (Å²) in [5, 5.41) is 0. The van der Waals surface area contributed by atoms with Gasteiger partial charge in [0.25, 0.3) is 0 Å². The van der Waals surface area contributed by atoms with Crippen LogP contribution in [0.5, 0.6) is 0 Å². The highest BCUT2D eigenvalue weighted by atomic mass is 16.6. The topological polar surface area (TPSA) is 26.3 Å². The smallest absolute Gasteiger partial charge is 0.306 e. The maximum absolute atomic E-state index is 11.5. The minimum absolute atomic E-state index is 0.0285. The third-order valence-corrected chi connectivity index (χ3v) is 3.58. The molecule has 0 heterocycles. The van der Waals surface area contributed by atoms with E-state index in [0.29, 0.717) is 6.42 Å². The van der Waals surface area contributed by atoms with Gasteiger partial charge in [-0.25, -0.2) is 0 Å². The lowest BCUT2D eigenvalue weighted by molar-refractivity contribution is -0.155. The van der Waals surface area contributed by atoms with E-state index < -0.39 is 0 Å². The van der Waals surface area contributed by atoms with Crippen LogP contribution in [0.4, 0.5) is 0 Å². The number of rotatable bonds is 3. The first-order chi connectivity index (χ1) is 6.89. The van der Waals surface area contributed by atoms with Gasteiger partial charge in [0.15, 0.2) is 0 Å². The lowest BCUT2D eigenvalue weighted by Crippen LogP contribution is -2.27. The lowest BCUT2D eigenvalue weighted by Gasteiger charge is -2.35. The zero-order valence-corrected chi connectivity index (χ0v) is 10.1. The van der Waals surface area contributed by atoms with E-state index in [9.17, 15) is 4.79 Å². The molecule has 1 spiro atoms. The molecule has 2 aliphatic rings. The molecule has 2 saturated carbocycles. The highest BCUT2D eigenvalue weighted by Crippen LogP contribution is 2.64. The standard InChI is InChI=1S/C13H22O2/c1-12(2,3)15-11(14)5-4-10-8-13(9-10)6-7-13/h10H,4-9H2,1-3H3. The fraction of sp³-hybridized carbons (Fsp3) is 0.923. The summed E-state index contributed by atoms with van der Waals surface area (Å²) in [6, 6.07) is 0. The van der Waals surface area contributed by atoms with Crippen molar-refractivity contribution in [1.29, 1.82) is 0 Å². The van der Waals surface area contributed by atoms with Crippen LogP contribution in [-0.2, 0) is 9.53 Å². The summed E-state index contributed by atoms with van der Waals surface area (Å²) < 4.78 is 5.29. The SMILES string of the molecule is CC(C)(C)OC(=O)CCC1CC2(CC2)C1. The Balaban J connectivity index is 1.60. The number of esters is 1. The van der Waals surface area contributed by atoms with Crippen LogP contribution in [0.3, 0.4) is 0 Å². The van der Waals surface area contributed by atoms with E-state index in [1.807, 2.05) is 20.8 Å². The quantitative estimate of drug-likeness (QED) is 0.668. The van der Waals surface area contributed by atoms with Crippen LogP contribution >= 0.6 is 0 Å². The van der Waals surface area contributed by atoms with Crippen LogP contribution in [0.1, 0.15) is 59.3 Å². The third-order valence-electron chi connectivity index (χ3n) is 3.58. The van der Waals surface area contributed by atoms with Gasteiger partial charge in [0.1, 0.15) is 5.60 Å². The Hall–Kier alpha value is -0.530. The second-order valence-electron chi connectivity index (χ2n) is 6.40. The van der Waals surface area contributed by atoms with Gasteiger partial charge in [-0.2, -0.15) is 0 Å². The van der Waals surface area contributed by atoms with Crippen molar-refractivity contribution in [3.63, 3.8) is 0 Å². The number of ether oxygens (including phenoxy) is 1. The maximum Gasteiger partial charge on any atom is 0.306 e. The Morgan fingerprint density at radius 1 is 1.33 bits per heavy atom. The van der Waals surface area contributed by atoms with Crippen molar-refractivity contribution in [2.75, 3.05) is 0 Å². The van der Waals surface area contributed by atoms with Crippen LogP contribution in [-0.4, -0.2) is 11.6 Å². The summed E-state index contributed by atoms with van der Waals surface area (Å²) in [4.78, 5) is 11.5. The van der Waals surface area contributed by atoms with E-state index in [4.69, 9.17) is 4.74 Å². The summed E-state index contributed by atoms with van der Waals surface area (Å²) in [5.74, 6) is 0.777. The molecule has 0 saturated heterocycles. The second-order valence-corrected chi connectivity index (χ2v) is 6.40. The van der Waals surface area contributed by atoms with Gasteiger partial charge in [-0.15, -0.1) is 0 Å². The molecule has 0 bridgehead atoms. The molecule has 2 fully saturated rings. The summed E-state index contributed by atoms with van der Waals surface area (Å²) in [7, 11) is 0. The molecule has 2 nitrogen and oxygen atoms in total. The first-order valence-electron chi connectivity index (χ1n) is 6.10. The molecule has 2 heteroatoms. The van der Waals surface area contributed by atoms with Gasteiger partial charge >= 0.3 is 5.97 Å². The van der Waals surface area contributed by atoms with E-state index in [1.165, 1.54) is 25.7 Å². The first-order valence-corrected chi connectivity index (χ1v) is 6.10. The Kier molecular flexibility index (Phi) is 2.56. The number of hydrogen-bond donors (Lipinski definition) is 0. The van der Waals surface area contributed by atoms with Crippen LogP contribution in [0.2, 0.25) is 0 Å². The lowest BCUT2D eigenvalue weighted by atomic mass is 9.70. The van der Waals surface area contributed by atoms with Crippen molar-refractivity contribution in [3.8, 4) is 0 Å². The summed E-state index contributed by atoms with van der Waals surface area (Å²) in [6.07, 6.45) is 7.27. The van der Waals surface area contributed by atoms with Gasteiger partial charge in [0.05, 0.1) is 0 Å². The van der Waals surface area contributed by atoms with Gasteiger partial charge in [-0.05, 0) is 64.2 Å². The number of carbonyl (C=O) groups excluding carboxylic acids is 1. The summed E-state index contributed by atoms with van der Waals surface area (Å²) in [5.41, 5.74) is 0.438. The highest BCUT2D eigenvalue weighted by Gasteiger charge is 2.52. The molecule has 0 aromatic heterocycles. The van der Waals surface area contributed by atoms with Crippen molar-refractivity contribution in [3.05, 3.63) is 0 Å². The van der Waals surface area contributed by atoms with E-state index >= 15 is 0 Å². The van der Waals surface area contributed by atoms with Crippen molar-refractivity contribution in [2.24, 2.45) is 11.3 Å². The molecular weight excluding hydrogens is 188 g/mol. The van der Waals surface area contributed by atoms with Gasteiger partial charge in [-0.1, -0.05) is 0 Å². The molecule has 0 N–H and O–H groups in total. The molecule has 0 amide bonds. The van der Waals surface area contributed by atoms with Gasteiger partial charge in [0.2, 0.25) is 0 Å². The second kappa shape index (κ2) is 3.50. The summed E-state index contributed by atoms with van der Waals surface area (Å²) >= 11 is 0. The van der Waals surface area contributed by atoms with Crippen molar-refractivity contribution in [2.45, 2.75) is 64.9 Å². The van der Waals surface area contributed by atoms with E-state index in [1.54, 1.807) is 0 Å². The predicted molar refractivity (Wildman–Crippen MR) is 59.5 cm³/mol. The molecule has 0 radical (unpaired) electrons. The zero-order valence-electron chi connectivity index (χ0n) is 10.1. The Labute approximate surface area is 92.4 Å². The molecule has 2 rings (SSSR count). The minimum atomic E-state index is -0.325. The van der Waals surface area contributed by atoms with E-state index in [-0.39, 0.29) is 11.6 Å². The van der Waals surface area contributed by atoms with E-state index in [0.717, 1.165) is 17.8 Å². The van der Waals surface area contributed by atoms with Crippen LogP contribution in [0.25, 0.3) is 0 Å². The molecule has 0 aromatic carbocycles. The van der Waals surface area contributed by atoms with Crippen LogP contribution in [0, 0.1) is 11.3 Å².